The minimum absolute atomic E-state index is 0.376. The fourth-order valence-electron chi connectivity index (χ4n) is 2.87. The molecule has 1 aliphatic rings. The molecule has 2 nitrogen and oxygen atoms in total. The highest BCUT2D eigenvalue weighted by atomic mass is 16.5. The molecule has 1 heterocycles. The van der Waals surface area contributed by atoms with Crippen LogP contribution in [0.5, 0.6) is 0 Å². The number of nitrogens with one attached hydrogen (secondary N) is 1. The number of ether oxygens (including phenoxy) is 1. The van der Waals surface area contributed by atoms with E-state index in [0.717, 1.165) is 13.0 Å². The SMILES string of the molecule is CCCNC(Cc1ccccc1C)C1CCC(C)O1. The summed E-state index contributed by atoms with van der Waals surface area (Å²) in [5, 5.41) is 3.68. The molecule has 1 N–H and O–H groups in total. The van der Waals surface area contributed by atoms with E-state index in [2.05, 4.69) is 50.4 Å². The molecule has 3 atom stereocenters. The largest absolute Gasteiger partial charge is 0.374 e. The number of aryl methyl sites for hydroxylation is 1. The van der Waals surface area contributed by atoms with Gasteiger partial charge in [0.2, 0.25) is 0 Å². The van der Waals surface area contributed by atoms with E-state index in [1.54, 1.807) is 0 Å². The van der Waals surface area contributed by atoms with E-state index < -0.39 is 0 Å². The Morgan fingerprint density at radius 1 is 1.32 bits per heavy atom. The van der Waals surface area contributed by atoms with Crippen LogP contribution in [0.1, 0.15) is 44.2 Å². The number of rotatable bonds is 6. The van der Waals surface area contributed by atoms with E-state index in [0.29, 0.717) is 18.2 Å². The first-order valence-electron chi connectivity index (χ1n) is 7.64. The van der Waals surface area contributed by atoms with Gasteiger partial charge in [-0.05, 0) is 57.2 Å². The molecule has 2 rings (SSSR count). The van der Waals surface area contributed by atoms with Gasteiger partial charge in [0, 0.05) is 6.04 Å². The molecule has 0 aromatic heterocycles. The Morgan fingerprint density at radius 2 is 2.11 bits per heavy atom. The van der Waals surface area contributed by atoms with Crippen LogP contribution in [0.15, 0.2) is 24.3 Å². The Bertz CT molecular complexity index is 391. The third kappa shape index (κ3) is 4.05. The highest BCUT2D eigenvalue weighted by Crippen LogP contribution is 2.24. The Hall–Kier alpha value is -0.860. The molecule has 2 heteroatoms. The molecule has 0 spiro atoms. The van der Waals surface area contributed by atoms with Crippen LogP contribution in [0.2, 0.25) is 0 Å². The summed E-state index contributed by atoms with van der Waals surface area (Å²) in [5.41, 5.74) is 2.83. The average Bonchev–Trinajstić information content (AvgIpc) is 2.83. The molecule has 1 aromatic rings. The zero-order valence-corrected chi connectivity index (χ0v) is 12.5. The molecule has 1 aliphatic heterocycles. The Morgan fingerprint density at radius 3 is 2.74 bits per heavy atom. The minimum atomic E-state index is 0.376. The van der Waals surface area contributed by atoms with Crippen LogP contribution in [0.4, 0.5) is 0 Å². The molecule has 3 unspecified atom stereocenters. The van der Waals surface area contributed by atoms with E-state index in [-0.39, 0.29) is 0 Å². The Kier molecular flexibility index (Phi) is 5.41. The maximum atomic E-state index is 6.07. The third-order valence-electron chi connectivity index (χ3n) is 4.07. The molecule has 0 saturated carbocycles. The van der Waals surface area contributed by atoms with E-state index in [1.807, 2.05) is 0 Å². The van der Waals surface area contributed by atoms with Crippen molar-refractivity contribution in [2.45, 2.75) is 64.7 Å². The molecule has 0 aliphatic carbocycles. The zero-order valence-electron chi connectivity index (χ0n) is 12.5. The lowest BCUT2D eigenvalue weighted by molar-refractivity contribution is 0.0320. The molecule has 106 valence electrons. The van der Waals surface area contributed by atoms with Crippen LogP contribution in [0.3, 0.4) is 0 Å². The normalized spacial score (nSPS) is 24.6. The lowest BCUT2D eigenvalue weighted by Gasteiger charge is -2.25. The van der Waals surface area contributed by atoms with Gasteiger partial charge >= 0.3 is 0 Å². The average molecular weight is 261 g/mol. The second kappa shape index (κ2) is 7.06. The molecule has 1 fully saturated rings. The van der Waals surface area contributed by atoms with Crippen LogP contribution in [0.25, 0.3) is 0 Å². The predicted molar refractivity (Wildman–Crippen MR) is 80.5 cm³/mol. The van der Waals surface area contributed by atoms with Crippen LogP contribution in [0, 0.1) is 6.92 Å². The first-order chi connectivity index (χ1) is 9.20. The summed E-state index contributed by atoms with van der Waals surface area (Å²) >= 11 is 0. The fraction of sp³-hybridized carbons (Fsp3) is 0.647. The van der Waals surface area contributed by atoms with Crippen molar-refractivity contribution in [3.8, 4) is 0 Å². The Labute approximate surface area is 117 Å². The van der Waals surface area contributed by atoms with Gasteiger partial charge in [-0.1, -0.05) is 31.2 Å². The van der Waals surface area contributed by atoms with Crippen molar-refractivity contribution in [2.75, 3.05) is 6.54 Å². The van der Waals surface area contributed by atoms with Gasteiger partial charge in [0.1, 0.15) is 0 Å². The molecule has 0 amide bonds. The summed E-state index contributed by atoms with van der Waals surface area (Å²) in [7, 11) is 0. The van der Waals surface area contributed by atoms with E-state index in [1.165, 1.54) is 30.4 Å². The van der Waals surface area contributed by atoms with E-state index in [9.17, 15) is 0 Å². The van der Waals surface area contributed by atoms with Gasteiger partial charge in [-0.3, -0.25) is 0 Å². The second-order valence-electron chi connectivity index (χ2n) is 5.75. The van der Waals surface area contributed by atoms with Crippen molar-refractivity contribution in [1.82, 2.24) is 5.32 Å². The molecule has 0 radical (unpaired) electrons. The summed E-state index contributed by atoms with van der Waals surface area (Å²) < 4.78 is 6.07. The van der Waals surface area contributed by atoms with Crippen LogP contribution >= 0.6 is 0 Å². The van der Waals surface area contributed by atoms with Gasteiger partial charge < -0.3 is 10.1 Å². The maximum absolute atomic E-state index is 6.07. The second-order valence-corrected chi connectivity index (χ2v) is 5.75. The molecular weight excluding hydrogens is 234 g/mol. The summed E-state index contributed by atoms with van der Waals surface area (Å²) in [6.07, 6.45) is 5.43. The lowest BCUT2D eigenvalue weighted by atomic mass is 9.96. The minimum Gasteiger partial charge on any atom is -0.374 e. The van der Waals surface area contributed by atoms with Crippen molar-refractivity contribution in [1.29, 1.82) is 0 Å². The van der Waals surface area contributed by atoms with Gasteiger partial charge in [0.15, 0.2) is 0 Å². The van der Waals surface area contributed by atoms with Crippen molar-refractivity contribution in [3.63, 3.8) is 0 Å². The first-order valence-corrected chi connectivity index (χ1v) is 7.64. The third-order valence-corrected chi connectivity index (χ3v) is 4.07. The monoisotopic (exact) mass is 261 g/mol. The summed E-state index contributed by atoms with van der Waals surface area (Å²) in [6, 6.07) is 9.14. The smallest absolute Gasteiger partial charge is 0.0735 e. The van der Waals surface area contributed by atoms with Gasteiger partial charge in [-0.2, -0.15) is 0 Å². The van der Waals surface area contributed by atoms with Crippen molar-refractivity contribution in [2.24, 2.45) is 0 Å². The zero-order chi connectivity index (χ0) is 13.7. The molecule has 1 saturated heterocycles. The molecule has 0 bridgehead atoms. The van der Waals surface area contributed by atoms with Crippen molar-refractivity contribution in [3.05, 3.63) is 35.4 Å². The van der Waals surface area contributed by atoms with Gasteiger partial charge in [-0.25, -0.2) is 0 Å². The summed E-state index contributed by atoms with van der Waals surface area (Å²) in [5.74, 6) is 0. The predicted octanol–water partition coefficient (Wildman–Crippen LogP) is 3.47. The Balaban J connectivity index is 2.03. The molecule has 1 aromatic carbocycles. The van der Waals surface area contributed by atoms with Crippen LogP contribution in [-0.4, -0.2) is 24.8 Å². The van der Waals surface area contributed by atoms with Gasteiger partial charge in [-0.15, -0.1) is 0 Å². The fourth-order valence-corrected chi connectivity index (χ4v) is 2.87. The molecular formula is C17H27NO. The van der Waals surface area contributed by atoms with Gasteiger partial charge in [0.05, 0.1) is 12.2 Å². The quantitative estimate of drug-likeness (QED) is 0.846. The number of hydrogen-bond donors (Lipinski definition) is 1. The standard InChI is InChI=1S/C17H27NO/c1-4-11-18-16(17-10-9-14(3)19-17)12-15-8-6-5-7-13(15)2/h5-8,14,16-18H,4,9-12H2,1-3H3. The number of hydrogen-bond acceptors (Lipinski definition) is 2. The number of benzene rings is 1. The summed E-state index contributed by atoms with van der Waals surface area (Å²) in [6.45, 7) is 7.68. The maximum Gasteiger partial charge on any atom is 0.0735 e. The van der Waals surface area contributed by atoms with Crippen molar-refractivity contribution < 1.29 is 4.74 Å². The summed E-state index contributed by atoms with van der Waals surface area (Å²) in [4.78, 5) is 0. The molecule has 19 heavy (non-hydrogen) atoms. The van der Waals surface area contributed by atoms with Gasteiger partial charge in [0.25, 0.3) is 0 Å². The van der Waals surface area contributed by atoms with Crippen LogP contribution < -0.4 is 5.32 Å². The lowest BCUT2D eigenvalue weighted by Crippen LogP contribution is -2.42. The van der Waals surface area contributed by atoms with Crippen LogP contribution in [-0.2, 0) is 11.2 Å². The highest BCUT2D eigenvalue weighted by Gasteiger charge is 2.29. The van der Waals surface area contributed by atoms with E-state index >= 15 is 0 Å². The topological polar surface area (TPSA) is 21.3 Å². The first kappa shape index (κ1) is 14.5. The highest BCUT2D eigenvalue weighted by molar-refractivity contribution is 5.26. The van der Waals surface area contributed by atoms with E-state index in [4.69, 9.17) is 4.74 Å². The van der Waals surface area contributed by atoms with Crippen molar-refractivity contribution >= 4 is 0 Å².